The lowest BCUT2D eigenvalue weighted by molar-refractivity contribution is -1.18. The summed E-state index contributed by atoms with van der Waals surface area (Å²) in [5, 5.41) is 0. The average Bonchev–Trinajstić information content (AvgIpc) is 3.13. The van der Waals surface area contributed by atoms with Gasteiger partial charge in [0.2, 0.25) is 0 Å². The van der Waals surface area contributed by atoms with E-state index >= 15 is 0 Å². The predicted molar refractivity (Wildman–Crippen MR) is 117 cm³/mol. The van der Waals surface area contributed by atoms with Crippen molar-refractivity contribution in [3.63, 3.8) is 0 Å². The van der Waals surface area contributed by atoms with Crippen LogP contribution in [0.25, 0.3) is 0 Å². The number of nitrogens with zero attached hydrogens (tertiary/aromatic N) is 4. The number of quaternary nitrogens is 2. The van der Waals surface area contributed by atoms with E-state index in [2.05, 4.69) is 65.2 Å². The van der Waals surface area contributed by atoms with E-state index in [-0.39, 0.29) is 5.91 Å². The molecule has 0 bridgehead atoms. The van der Waals surface area contributed by atoms with Gasteiger partial charge in [0, 0.05) is 19.5 Å². The summed E-state index contributed by atoms with van der Waals surface area (Å²) in [6, 6.07) is 1.50. The second-order valence-electron chi connectivity index (χ2n) is 8.94. The topological polar surface area (TPSA) is 6.48 Å². The van der Waals surface area contributed by atoms with Gasteiger partial charge < -0.3 is 0 Å². The Morgan fingerprint density at radius 3 is 1.78 bits per heavy atom. The normalized spacial score (nSPS) is 33.3. The van der Waals surface area contributed by atoms with E-state index < -0.39 is 0 Å². The van der Waals surface area contributed by atoms with Crippen LogP contribution in [0.4, 0.5) is 0 Å². The van der Waals surface area contributed by atoms with E-state index in [1.54, 1.807) is 0 Å². The minimum Gasteiger partial charge on any atom is -0.242 e. The Labute approximate surface area is 170 Å². The van der Waals surface area contributed by atoms with Crippen LogP contribution < -0.4 is 0 Å². The molecular weight excluding hydrogens is 332 g/mol. The molecule has 2 rings (SSSR count). The second-order valence-corrected chi connectivity index (χ2v) is 8.94. The zero-order valence-electron chi connectivity index (χ0n) is 19.9. The maximum absolute atomic E-state index is 3.00. The number of rotatable bonds is 10. The Bertz CT molecular complexity index is 457. The Balaban J connectivity index is 2.79. The second kappa shape index (κ2) is 9.11. The van der Waals surface area contributed by atoms with E-state index in [1.165, 1.54) is 87.0 Å². The smallest absolute Gasteiger partial charge is 0.242 e. The molecule has 1 spiro atoms. The number of hydrogen-bond donors (Lipinski definition) is 0. The summed E-state index contributed by atoms with van der Waals surface area (Å²) in [7, 11) is 0. The van der Waals surface area contributed by atoms with E-state index in [1.807, 2.05) is 0 Å². The Morgan fingerprint density at radius 2 is 1.37 bits per heavy atom. The first kappa shape index (κ1) is 23.1. The van der Waals surface area contributed by atoms with Crippen molar-refractivity contribution in [3.8, 4) is 0 Å². The van der Waals surface area contributed by atoms with Gasteiger partial charge in [-0.3, -0.25) is 0 Å². The zero-order chi connectivity index (χ0) is 20.3. The van der Waals surface area contributed by atoms with Gasteiger partial charge in [0.15, 0.2) is 0 Å². The van der Waals surface area contributed by atoms with Crippen LogP contribution in [0, 0.1) is 0 Å². The Morgan fingerprint density at radius 1 is 0.778 bits per heavy atom. The monoisotopic (exact) mass is 382 g/mol. The molecule has 4 nitrogen and oxygen atoms in total. The summed E-state index contributed by atoms with van der Waals surface area (Å²) in [6.07, 6.45) is 5.32. The van der Waals surface area contributed by atoms with Crippen LogP contribution in [-0.2, 0) is 0 Å². The molecule has 0 aromatic heterocycles. The highest BCUT2D eigenvalue weighted by atomic mass is 15.9. The molecule has 0 aromatic carbocycles. The van der Waals surface area contributed by atoms with Gasteiger partial charge in [-0.05, 0) is 34.1 Å². The number of likely N-dealkylation sites (N-methyl/N-ethyl adjacent to an activating group) is 4. The lowest BCUT2D eigenvalue weighted by Gasteiger charge is -2.59. The lowest BCUT2D eigenvalue weighted by atomic mass is 10.1. The third-order valence-electron chi connectivity index (χ3n) is 8.48. The molecule has 0 aromatic rings. The molecule has 0 radical (unpaired) electrons. The van der Waals surface area contributed by atoms with Crippen LogP contribution in [0.3, 0.4) is 0 Å². The maximum Gasteiger partial charge on any atom is 0.357 e. The minimum absolute atomic E-state index is 0.135. The fraction of sp³-hybridized carbons (Fsp3) is 1.00. The molecule has 2 aliphatic rings. The van der Waals surface area contributed by atoms with Crippen LogP contribution in [-0.4, -0.2) is 89.1 Å². The van der Waals surface area contributed by atoms with Gasteiger partial charge >= 0.3 is 5.91 Å². The molecule has 2 heterocycles. The molecule has 3 atom stereocenters. The van der Waals surface area contributed by atoms with E-state index in [9.17, 15) is 0 Å². The van der Waals surface area contributed by atoms with Crippen LogP contribution in [0.2, 0.25) is 0 Å². The molecule has 2 saturated heterocycles. The zero-order valence-corrected chi connectivity index (χ0v) is 19.9. The van der Waals surface area contributed by atoms with Crippen molar-refractivity contribution in [1.29, 1.82) is 0 Å². The molecule has 4 heteroatoms. The van der Waals surface area contributed by atoms with Gasteiger partial charge in [0.05, 0.1) is 38.8 Å². The molecule has 0 aliphatic carbocycles. The average molecular weight is 383 g/mol. The standard InChI is InChI=1S/C23H50N4/c1-9-17-21-20-26(13-5,14-6)23(25(21)12-4)24(11-3)19-22(18-10-2)27(23,15-7)16-8/h21-22H,9-20H2,1-8H3/q+2. The summed E-state index contributed by atoms with van der Waals surface area (Å²) in [4.78, 5) is 5.93. The summed E-state index contributed by atoms with van der Waals surface area (Å²) in [6.45, 7) is 29.5. The molecule has 2 fully saturated rings. The Hall–Kier alpha value is -0.160. The van der Waals surface area contributed by atoms with Crippen molar-refractivity contribution >= 4 is 0 Å². The summed E-state index contributed by atoms with van der Waals surface area (Å²) in [5.41, 5.74) is 0. The van der Waals surface area contributed by atoms with E-state index in [4.69, 9.17) is 0 Å². The highest BCUT2D eigenvalue weighted by Crippen LogP contribution is 2.53. The maximum atomic E-state index is 3.00. The lowest BCUT2D eigenvalue weighted by Crippen LogP contribution is -2.84. The summed E-state index contributed by atoms with van der Waals surface area (Å²) in [5.74, 6) is 0.135. The van der Waals surface area contributed by atoms with Crippen molar-refractivity contribution in [3.05, 3.63) is 0 Å². The van der Waals surface area contributed by atoms with Crippen molar-refractivity contribution < 1.29 is 8.97 Å². The molecule has 160 valence electrons. The highest BCUT2D eigenvalue weighted by Gasteiger charge is 2.79. The van der Waals surface area contributed by atoms with E-state index in [0.29, 0.717) is 0 Å². The molecule has 27 heavy (non-hydrogen) atoms. The largest absolute Gasteiger partial charge is 0.357 e. The summed E-state index contributed by atoms with van der Waals surface area (Å²) >= 11 is 0. The molecule has 3 unspecified atom stereocenters. The van der Waals surface area contributed by atoms with Crippen molar-refractivity contribution in [1.82, 2.24) is 9.80 Å². The highest BCUT2D eigenvalue weighted by molar-refractivity contribution is 4.94. The quantitative estimate of drug-likeness (QED) is 0.519. The third kappa shape index (κ3) is 2.93. The fourth-order valence-electron chi connectivity index (χ4n) is 7.50. The van der Waals surface area contributed by atoms with Crippen molar-refractivity contribution in [2.24, 2.45) is 0 Å². The van der Waals surface area contributed by atoms with E-state index in [0.717, 1.165) is 12.1 Å². The predicted octanol–water partition coefficient (Wildman–Crippen LogP) is 4.32. The first-order valence-electron chi connectivity index (χ1n) is 12.2. The van der Waals surface area contributed by atoms with Gasteiger partial charge in [-0.1, -0.05) is 40.5 Å². The number of hydrogen-bond acceptors (Lipinski definition) is 2. The first-order chi connectivity index (χ1) is 13.0. The summed E-state index contributed by atoms with van der Waals surface area (Å²) < 4.78 is 2.55. The molecule has 0 N–H and O–H groups in total. The van der Waals surface area contributed by atoms with Crippen LogP contribution in [0.15, 0.2) is 0 Å². The molecule has 0 saturated carbocycles. The molecule has 2 aliphatic heterocycles. The third-order valence-corrected chi connectivity index (χ3v) is 8.48. The van der Waals surface area contributed by atoms with Crippen molar-refractivity contribution in [2.75, 3.05) is 52.4 Å². The van der Waals surface area contributed by atoms with Gasteiger partial charge in [-0.25, -0.2) is 8.97 Å². The Kier molecular flexibility index (Phi) is 7.80. The van der Waals surface area contributed by atoms with Crippen molar-refractivity contribution in [2.45, 2.75) is 99.1 Å². The van der Waals surface area contributed by atoms with Gasteiger partial charge in [-0.15, -0.1) is 0 Å². The van der Waals surface area contributed by atoms with Gasteiger partial charge in [-0.2, -0.15) is 9.80 Å². The van der Waals surface area contributed by atoms with Crippen LogP contribution in [0.1, 0.15) is 81.1 Å². The molecular formula is C23H50N4+2. The molecule has 0 amide bonds. The van der Waals surface area contributed by atoms with Gasteiger partial charge in [0.1, 0.15) is 12.6 Å². The fourth-order valence-corrected chi connectivity index (χ4v) is 7.50. The minimum atomic E-state index is 0.135. The van der Waals surface area contributed by atoms with Gasteiger partial charge in [0.25, 0.3) is 0 Å². The SMILES string of the molecule is CCCC1C[N+](CC)(CC)C2(N(CC)CC(CCC)[N+]2(CC)CC)N1CC. The van der Waals surface area contributed by atoms with Crippen LogP contribution in [0.5, 0.6) is 0 Å². The van der Waals surface area contributed by atoms with Crippen LogP contribution >= 0.6 is 0 Å². The first-order valence-corrected chi connectivity index (χ1v) is 12.2.